The molecule has 3 aromatic rings. The van der Waals surface area contributed by atoms with Crippen molar-refractivity contribution in [2.24, 2.45) is 4.99 Å². The number of nitrogens with zero attached hydrogens (tertiary/aromatic N) is 3. The van der Waals surface area contributed by atoms with Gasteiger partial charge in [0.15, 0.2) is 10.6 Å². The maximum absolute atomic E-state index is 6.46. The predicted molar refractivity (Wildman–Crippen MR) is 102 cm³/mol. The second-order valence-corrected chi connectivity index (χ2v) is 8.06. The predicted octanol–water partition coefficient (Wildman–Crippen LogP) is 5.77. The van der Waals surface area contributed by atoms with Gasteiger partial charge in [-0.2, -0.15) is 0 Å². The summed E-state index contributed by atoms with van der Waals surface area (Å²) in [6.45, 7) is 6.50. The summed E-state index contributed by atoms with van der Waals surface area (Å²) in [5, 5.41) is 3.32. The van der Waals surface area contributed by atoms with E-state index in [0.717, 1.165) is 16.2 Å². The topological polar surface area (TPSA) is 30.2 Å². The fourth-order valence-corrected chi connectivity index (χ4v) is 3.94. The lowest BCUT2D eigenvalue weighted by atomic mass is 9.93. The molecule has 2 aromatic heterocycles. The summed E-state index contributed by atoms with van der Waals surface area (Å²) in [5.74, 6) is 0.665. The molecular formula is C18H17Cl2N3S. The molecule has 0 saturated carbocycles. The first kappa shape index (κ1) is 17.2. The standard InChI is InChI=1S/C18H17Cl2N3S/c1-18(2,3)15-11-24-17(22-16-6-4-5-9-21-16)23(15)14-8-7-12(19)10-13(14)20/h4-11H,1-3H3/b22-17+. The minimum atomic E-state index is -0.0582. The van der Waals surface area contributed by atoms with Crippen molar-refractivity contribution in [3.05, 3.63) is 68.5 Å². The zero-order chi connectivity index (χ0) is 17.3. The van der Waals surface area contributed by atoms with Gasteiger partial charge in [-0.15, -0.1) is 11.3 Å². The van der Waals surface area contributed by atoms with Crippen LogP contribution in [0.15, 0.2) is 53.0 Å². The van der Waals surface area contributed by atoms with E-state index in [1.54, 1.807) is 23.6 Å². The summed E-state index contributed by atoms with van der Waals surface area (Å²) in [6.07, 6.45) is 1.73. The van der Waals surface area contributed by atoms with Crippen molar-refractivity contribution in [1.82, 2.24) is 9.55 Å². The molecule has 0 unspecified atom stereocenters. The van der Waals surface area contributed by atoms with Crippen LogP contribution >= 0.6 is 34.5 Å². The van der Waals surface area contributed by atoms with Gasteiger partial charge < -0.3 is 0 Å². The van der Waals surface area contributed by atoms with E-state index in [0.29, 0.717) is 15.9 Å². The highest BCUT2D eigenvalue weighted by Gasteiger charge is 2.22. The van der Waals surface area contributed by atoms with Crippen molar-refractivity contribution in [2.45, 2.75) is 26.2 Å². The molecule has 3 nitrogen and oxygen atoms in total. The normalized spacial score (nSPS) is 12.6. The molecule has 6 heteroatoms. The number of hydrogen-bond acceptors (Lipinski definition) is 3. The largest absolute Gasteiger partial charge is 0.287 e. The van der Waals surface area contributed by atoms with Crippen LogP contribution < -0.4 is 4.80 Å². The molecule has 0 aliphatic rings. The van der Waals surface area contributed by atoms with Gasteiger partial charge in [0, 0.05) is 27.7 Å². The van der Waals surface area contributed by atoms with Gasteiger partial charge in [0.1, 0.15) is 0 Å². The van der Waals surface area contributed by atoms with E-state index in [1.165, 1.54) is 0 Å². The Bertz CT molecular complexity index is 921. The van der Waals surface area contributed by atoms with Gasteiger partial charge >= 0.3 is 0 Å². The SMILES string of the molecule is CC(C)(C)c1cs/c(=N/c2ccccn2)n1-c1ccc(Cl)cc1Cl. The maximum atomic E-state index is 6.46. The van der Waals surface area contributed by atoms with Gasteiger partial charge in [-0.05, 0) is 30.3 Å². The van der Waals surface area contributed by atoms with E-state index >= 15 is 0 Å². The molecule has 1 aromatic carbocycles. The fourth-order valence-electron chi connectivity index (χ4n) is 2.32. The Kier molecular flexibility index (Phi) is 4.81. The molecule has 0 aliphatic heterocycles. The quantitative estimate of drug-likeness (QED) is 0.557. The summed E-state index contributed by atoms with van der Waals surface area (Å²) in [5.41, 5.74) is 1.94. The number of halogens is 2. The molecule has 24 heavy (non-hydrogen) atoms. The summed E-state index contributed by atoms with van der Waals surface area (Å²) >= 11 is 14.1. The van der Waals surface area contributed by atoms with Crippen LogP contribution in [0.2, 0.25) is 10.0 Å². The van der Waals surface area contributed by atoms with Crippen LogP contribution in [0.25, 0.3) is 5.69 Å². The third kappa shape index (κ3) is 3.56. The Hall–Kier alpha value is -1.62. The Morgan fingerprint density at radius 1 is 1.12 bits per heavy atom. The van der Waals surface area contributed by atoms with Crippen LogP contribution in [0.4, 0.5) is 5.82 Å². The van der Waals surface area contributed by atoms with E-state index in [2.05, 4.69) is 35.7 Å². The summed E-state index contributed by atoms with van der Waals surface area (Å²) in [7, 11) is 0. The van der Waals surface area contributed by atoms with Gasteiger partial charge in [0.2, 0.25) is 0 Å². The number of thiazole rings is 1. The molecule has 0 spiro atoms. The van der Waals surface area contributed by atoms with Crippen LogP contribution in [0, 0.1) is 0 Å². The number of hydrogen-bond donors (Lipinski definition) is 0. The van der Waals surface area contributed by atoms with Crippen LogP contribution in [-0.2, 0) is 5.41 Å². The first-order valence-corrected chi connectivity index (χ1v) is 9.12. The molecule has 3 rings (SSSR count). The molecule has 0 amide bonds. The first-order valence-electron chi connectivity index (χ1n) is 7.48. The number of rotatable bonds is 2. The van der Waals surface area contributed by atoms with E-state index in [9.17, 15) is 0 Å². The Morgan fingerprint density at radius 2 is 1.92 bits per heavy atom. The molecule has 0 N–H and O–H groups in total. The highest BCUT2D eigenvalue weighted by atomic mass is 35.5. The molecular weight excluding hydrogens is 361 g/mol. The third-order valence-corrected chi connectivity index (χ3v) is 4.85. The van der Waals surface area contributed by atoms with Crippen LogP contribution in [0.1, 0.15) is 26.5 Å². The van der Waals surface area contributed by atoms with Gasteiger partial charge in [0.05, 0.1) is 10.7 Å². The van der Waals surface area contributed by atoms with E-state index in [-0.39, 0.29) is 5.41 Å². The van der Waals surface area contributed by atoms with Gasteiger partial charge in [-0.3, -0.25) is 4.57 Å². The highest BCUT2D eigenvalue weighted by Crippen LogP contribution is 2.30. The Labute approximate surface area is 155 Å². The van der Waals surface area contributed by atoms with E-state index < -0.39 is 0 Å². The second kappa shape index (κ2) is 6.71. The van der Waals surface area contributed by atoms with Crippen molar-refractivity contribution in [3.8, 4) is 5.69 Å². The van der Waals surface area contributed by atoms with Gasteiger partial charge in [0.25, 0.3) is 0 Å². The Morgan fingerprint density at radius 3 is 2.54 bits per heavy atom. The monoisotopic (exact) mass is 377 g/mol. The molecule has 2 heterocycles. The van der Waals surface area contributed by atoms with E-state index in [4.69, 9.17) is 28.2 Å². The smallest absolute Gasteiger partial charge is 0.196 e. The summed E-state index contributed by atoms with van der Waals surface area (Å²) in [4.78, 5) is 9.81. The summed E-state index contributed by atoms with van der Waals surface area (Å²) < 4.78 is 2.08. The minimum absolute atomic E-state index is 0.0582. The van der Waals surface area contributed by atoms with Crippen molar-refractivity contribution in [3.63, 3.8) is 0 Å². The van der Waals surface area contributed by atoms with Crippen molar-refractivity contribution in [1.29, 1.82) is 0 Å². The minimum Gasteiger partial charge on any atom is -0.287 e. The Balaban J connectivity index is 2.29. The number of benzene rings is 1. The van der Waals surface area contributed by atoms with Gasteiger partial charge in [-0.1, -0.05) is 50.0 Å². The van der Waals surface area contributed by atoms with E-state index in [1.807, 2.05) is 30.3 Å². The molecule has 0 fully saturated rings. The lowest BCUT2D eigenvalue weighted by molar-refractivity contribution is 0.553. The fraction of sp³-hybridized carbons (Fsp3) is 0.222. The van der Waals surface area contributed by atoms with Crippen molar-refractivity contribution >= 4 is 40.4 Å². The summed E-state index contributed by atoms with van der Waals surface area (Å²) in [6, 6.07) is 11.2. The van der Waals surface area contributed by atoms with Crippen molar-refractivity contribution < 1.29 is 0 Å². The maximum Gasteiger partial charge on any atom is 0.196 e. The highest BCUT2D eigenvalue weighted by molar-refractivity contribution is 7.07. The molecule has 124 valence electrons. The number of aromatic nitrogens is 2. The first-order chi connectivity index (χ1) is 11.4. The molecule has 0 saturated heterocycles. The average Bonchev–Trinajstić information content (AvgIpc) is 2.92. The lowest BCUT2D eigenvalue weighted by Gasteiger charge is -2.21. The third-order valence-electron chi connectivity index (χ3n) is 3.49. The number of pyridine rings is 1. The van der Waals surface area contributed by atoms with Crippen molar-refractivity contribution in [2.75, 3.05) is 0 Å². The average molecular weight is 378 g/mol. The molecule has 0 aliphatic carbocycles. The molecule has 0 bridgehead atoms. The van der Waals surface area contributed by atoms with Crippen LogP contribution in [0.5, 0.6) is 0 Å². The van der Waals surface area contributed by atoms with Crippen LogP contribution in [-0.4, -0.2) is 9.55 Å². The molecule has 0 radical (unpaired) electrons. The zero-order valence-corrected chi connectivity index (χ0v) is 16.0. The second-order valence-electron chi connectivity index (χ2n) is 6.38. The van der Waals surface area contributed by atoms with Crippen LogP contribution in [0.3, 0.4) is 0 Å². The lowest BCUT2D eigenvalue weighted by Crippen LogP contribution is -2.23. The van der Waals surface area contributed by atoms with Gasteiger partial charge in [-0.25, -0.2) is 9.98 Å². The zero-order valence-electron chi connectivity index (χ0n) is 13.6. The molecule has 0 atom stereocenters.